The molecule has 0 atom stereocenters. The summed E-state index contributed by atoms with van der Waals surface area (Å²) >= 11 is 0. The highest BCUT2D eigenvalue weighted by Gasteiger charge is 2.28. The van der Waals surface area contributed by atoms with E-state index in [1.54, 1.807) is 0 Å². The molecule has 0 spiro atoms. The van der Waals surface area contributed by atoms with Crippen LogP contribution in [0.5, 0.6) is 17.2 Å². The summed E-state index contributed by atoms with van der Waals surface area (Å²) in [6.45, 7) is 1.49. The van der Waals surface area contributed by atoms with Crippen LogP contribution in [0.1, 0.15) is 27.6 Å². The Balaban J connectivity index is 2.49. The minimum absolute atomic E-state index is 0.0393. The smallest absolute Gasteiger partial charge is 0.193 e. The maximum Gasteiger partial charge on any atom is 0.193 e. The standard InChI is InChI=1S/C15H10O5/c1-6-2-10(17)9-4-7-3-8(16)5-11(18)12(7)15(20)13(9)14(6)19/h2-5,16,18,20H,1H3. The predicted molar refractivity (Wildman–Crippen MR) is 71.4 cm³/mol. The van der Waals surface area contributed by atoms with Crippen LogP contribution in [-0.4, -0.2) is 26.9 Å². The molecule has 5 nitrogen and oxygen atoms in total. The molecule has 0 aromatic heterocycles. The zero-order chi connectivity index (χ0) is 14.6. The quantitative estimate of drug-likeness (QED) is 0.682. The van der Waals surface area contributed by atoms with E-state index >= 15 is 0 Å². The van der Waals surface area contributed by atoms with Crippen molar-refractivity contribution in [3.8, 4) is 17.2 Å². The van der Waals surface area contributed by atoms with E-state index in [4.69, 9.17) is 0 Å². The van der Waals surface area contributed by atoms with Gasteiger partial charge in [-0.3, -0.25) is 9.59 Å². The Morgan fingerprint density at radius 1 is 1.00 bits per heavy atom. The van der Waals surface area contributed by atoms with Crippen LogP contribution in [0.2, 0.25) is 0 Å². The van der Waals surface area contributed by atoms with Crippen molar-refractivity contribution >= 4 is 22.3 Å². The number of Topliss-reactive ketones (excluding diaryl/α,β-unsaturated/α-hetero) is 1. The average Bonchev–Trinajstić information content (AvgIpc) is 2.34. The van der Waals surface area contributed by atoms with Crippen molar-refractivity contribution in [1.29, 1.82) is 0 Å². The molecule has 1 aliphatic carbocycles. The number of ketones is 2. The second-order valence-corrected chi connectivity index (χ2v) is 4.73. The highest BCUT2D eigenvalue weighted by atomic mass is 16.3. The van der Waals surface area contributed by atoms with Crippen molar-refractivity contribution < 1.29 is 24.9 Å². The number of phenolic OH excluding ortho intramolecular Hbond substituents is 3. The molecule has 100 valence electrons. The molecule has 2 aromatic carbocycles. The van der Waals surface area contributed by atoms with Crippen molar-refractivity contribution in [1.82, 2.24) is 0 Å². The molecule has 5 heteroatoms. The topological polar surface area (TPSA) is 94.8 Å². The summed E-state index contributed by atoms with van der Waals surface area (Å²) in [5.41, 5.74) is 0.189. The molecule has 0 heterocycles. The molecule has 0 radical (unpaired) electrons. The van der Waals surface area contributed by atoms with Gasteiger partial charge in [0.15, 0.2) is 11.6 Å². The van der Waals surface area contributed by atoms with E-state index in [0.29, 0.717) is 0 Å². The Morgan fingerprint density at radius 2 is 1.70 bits per heavy atom. The summed E-state index contributed by atoms with van der Waals surface area (Å²) in [6.07, 6.45) is 1.21. The summed E-state index contributed by atoms with van der Waals surface area (Å²) in [5, 5.41) is 29.8. The van der Waals surface area contributed by atoms with Crippen molar-refractivity contribution in [2.75, 3.05) is 0 Å². The average molecular weight is 270 g/mol. The molecule has 0 saturated carbocycles. The van der Waals surface area contributed by atoms with E-state index in [1.165, 1.54) is 25.1 Å². The summed E-state index contributed by atoms with van der Waals surface area (Å²) in [6, 6.07) is 3.75. The van der Waals surface area contributed by atoms with Gasteiger partial charge in [-0.25, -0.2) is 0 Å². The lowest BCUT2D eigenvalue weighted by Crippen LogP contribution is -2.15. The van der Waals surface area contributed by atoms with Crippen molar-refractivity contribution in [2.24, 2.45) is 0 Å². The van der Waals surface area contributed by atoms with Crippen molar-refractivity contribution in [2.45, 2.75) is 6.92 Å². The van der Waals surface area contributed by atoms with Gasteiger partial charge in [0.2, 0.25) is 0 Å². The third-order valence-corrected chi connectivity index (χ3v) is 3.37. The first-order valence-corrected chi connectivity index (χ1v) is 5.89. The van der Waals surface area contributed by atoms with Crippen LogP contribution in [0, 0.1) is 0 Å². The number of carbonyl (C=O) groups excluding carboxylic acids is 2. The molecule has 2 aromatic rings. The van der Waals surface area contributed by atoms with E-state index in [0.717, 1.165) is 6.07 Å². The molecule has 0 fully saturated rings. The SMILES string of the molecule is CC1=CC(=O)c2cc3cc(O)cc(O)c3c(O)c2C1=O. The van der Waals surface area contributed by atoms with E-state index in [2.05, 4.69) is 0 Å². The van der Waals surface area contributed by atoms with Gasteiger partial charge in [0.1, 0.15) is 17.2 Å². The number of hydrogen-bond acceptors (Lipinski definition) is 5. The Hall–Kier alpha value is -2.82. The summed E-state index contributed by atoms with van der Waals surface area (Å²) < 4.78 is 0. The molecule has 3 N–H and O–H groups in total. The highest BCUT2D eigenvalue weighted by molar-refractivity contribution is 6.27. The van der Waals surface area contributed by atoms with Gasteiger partial charge in [0, 0.05) is 17.2 Å². The molecule has 3 rings (SSSR count). The van der Waals surface area contributed by atoms with Crippen LogP contribution in [0.3, 0.4) is 0 Å². The fourth-order valence-corrected chi connectivity index (χ4v) is 2.45. The van der Waals surface area contributed by atoms with Crippen LogP contribution in [-0.2, 0) is 0 Å². The lowest BCUT2D eigenvalue weighted by atomic mass is 9.87. The molecule has 0 unspecified atom stereocenters. The monoisotopic (exact) mass is 270 g/mol. The second-order valence-electron chi connectivity index (χ2n) is 4.73. The fraction of sp³-hybridized carbons (Fsp3) is 0.0667. The zero-order valence-corrected chi connectivity index (χ0v) is 10.5. The minimum atomic E-state index is -0.452. The number of allylic oxidation sites excluding steroid dienone is 2. The van der Waals surface area contributed by atoms with Gasteiger partial charge in [-0.15, -0.1) is 0 Å². The van der Waals surface area contributed by atoms with Gasteiger partial charge in [-0.2, -0.15) is 0 Å². The highest BCUT2D eigenvalue weighted by Crippen LogP contribution is 2.41. The lowest BCUT2D eigenvalue weighted by molar-refractivity contribution is 0.0982. The number of benzene rings is 2. The number of rotatable bonds is 0. The van der Waals surface area contributed by atoms with E-state index in [9.17, 15) is 24.9 Å². The van der Waals surface area contributed by atoms with Crippen LogP contribution in [0.4, 0.5) is 0 Å². The lowest BCUT2D eigenvalue weighted by Gasteiger charge is -2.16. The van der Waals surface area contributed by atoms with Crippen molar-refractivity contribution in [3.63, 3.8) is 0 Å². The van der Waals surface area contributed by atoms with Gasteiger partial charge in [0.25, 0.3) is 0 Å². The molecule has 1 aliphatic rings. The fourth-order valence-electron chi connectivity index (χ4n) is 2.45. The van der Waals surface area contributed by atoms with E-state index in [1.807, 2.05) is 0 Å². The largest absolute Gasteiger partial charge is 0.508 e. The maximum atomic E-state index is 12.1. The molecule has 0 saturated heterocycles. The number of fused-ring (bicyclic) bond motifs is 2. The van der Waals surface area contributed by atoms with Gasteiger partial charge < -0.3 is 15.3 Å². The van der Waals surface area contributed by atoms with Gasteiger partial charge >= 0.3 is 0 Å². The second kappa shape index (κ2) is 3.84. The Kier molecular flexibility index (Phi) is 2.34. The van der Waals surface area contributed by atoms with Gasteiger partial charge in [0.05, 0.1) is 10.9 Å². The Morgan fingerprint density at radius 3 is 2.40 bits per heavy atom. The molecule has 0 amide bonds. The maximum absolute atomic E-state index is 12.1. The first-order chi connectivity index (χ1) is 9.40. The normalized spacial score (nSPS) is 14.3. The van der Waals surface area contributed by atoms with E-state index < -0.39 is 17.3 Å². The summed E-state index contributed by atoms with van der Waals surface area (Å²) in [4.78, 5) is 24.0. The first kappa shape index (κ1) is 12.2. The predicted octanol–water partition coefficient (Wildman–Crippen LogP) is 2.28. The molecular formula is C15H10O5. The Labute approximate surface area is 113 Å². The van der Waals surface area contributed by atoms with Crippen LogP contribution in [0.15, 0.2) is 29.8 Å². The van der Waals surface area contributed by atoms with Crippen LogP contribution in [0.25, 0.3) is 10.8 Å². The molecule has 0 aliphatic heterocycles. The van der Waals surface area contributed by atoms with Crippen molar-refractivity contribution in [3.05, 3.63) is 41.0 Å². The number of aromatic hydroxyl groups is 3. The number of hydrogen-bond donors (Lipinski definition) is 3. The van der Waals surface area contributed by atoms with Gasteiger partial charge in [-0.05, 0) is 30.5 Å². The van der Waals surface area contributed by atoms with Crippen LogP contribution < -0.4 is 0 Å². The number of carbonyl (C=O) groups is 2. The summed E-state index contributed by atoms with van der Waals surface area (Å²) in [7, 11) is 0. The Bertz CT molecular complexity index is 830. The minimum Gasteiger partial charge on any atom is -0.508 e. The van der Waals surface area contributed by atoms with Gasteiger partial charge in [-0.1, -0.05) is 0 Å². The molecular weight excluding hydrogens is 260 g/mol. The molecule has 20 heavy (non-hydrogen) atoms. The molecule has 0 bridgehead atoms. The van der Waals surface area contributed by atoms with E-state index in [-0.39, 0.29) is 39.0 Å². The zero-order valence-electron chi connectivity index (χ0n) is 10.5. The summed E-state index contributed by atoms with van der Waals surface area (Å²) in [5.74, 6) is -1.84. The third-order valence-electron chi connectivity index (χ3n) is 3.37. The number of phenols is 3. The van der Waals surface area contributed by atoms with Crippen LogP contribution >= 0.6 is 0 Å². The third kappa shape index (κ3) is 1.50. The first-order valence-electron chi connectivity index (χ1n) is 5.89.